The number of hydrogen-bond donors (Lipinski definition) is 1. The summed E-state index contributed by atoms with van der Waals surface area (Å²) in [6.45, 7) is 2.93. The Kier molecular flexibility index (Phi) is 10.7. The van der Waals surface area contributed by atoms with E-state index in [2.05, 4.69) is 5.32 Å². The first-order chi connectivity index (χ1) is 17.1. The van der Waals surface area contributed by atoms with Crippen molar-refractivity contribution in [2.24, 2.45) is 0 Å². The number of nitrogens with one attached hydrogen (secondary N) is 1. The van der Waals surface area contributed by atoms with Gasteiger partial charge < -0.3 is 10.2 Å². The Hall–Kier alpha value is -2.50. The molecule has 0 aliphatic carbocycles. The molecular formula is C24H28Cl2F3N3O4S. The number of alkyl halides is 3. The number of nitrogens with zero attached hydrogens (tertiary/aromatic N) is 2. The van der Waals surface area contributed by atoms with Gasteiger partial charge in [0.15, 0.2) is 0 Å². The highest BCUT2D eigenvalue weighted by molar-refractivity contribution is 7.92. The molecule has 2 aromatic carbocycles. The van der Waals surface area contributed by atoms with Gasteiger partial charge in [-0.05, 0) is 49.2 Å². The third-order valence-electron chi connectivity index (χ3n) is 5.49. The molecular weight excluding hydrogens is 554 g/mol. The van der Waals surface area contributed by atoms with Crippen molar-refractivity contribution in [3.63, 3.8) is 0 Å². The van der Waals surface area contributed by atoms with E-state index in [4.69, 9.17) is 23.2 Å². The van der Waals surface area contributed by atoms with Crippen LogP contribution < -0.4 is 9.62 Å². The van der Waals surface area contributed by atoms with Crippen molar-refractivity contribution in [1.29, 1.82) is 0 Å². The number of rotatable bonds is 11. The number of hydrogen-bond acceptors (Lipinski definition) is 4. The van der Waals surface area contributed by atoms with Crippen LogP contribution in [-0.2, 0) is 32.3 Å². The van der Waals surface area contributed by atoms with Gasteiger partial charge in [-0.15, -0.1) is 0 Å². The first-order valence-electron chi connectivity index (χ1n) is 11.3. The van der Waals surface area contributed by atoms with Crippen LogP contribution in [0.25, 0.3) is 0 Å². The number of anilines is 1. The minimum atomic E-state index is -4.84. The van der Waals surface area contributed by atoms with Gasteiger partial charge in [0.2, 0.25) is 21.8 Å². The van der Waals surface area contributed by atoms with Gasteiger partial charge in [-0.3, -0.25) is 13.9 Å². The number of carbonyl (C=O) groups excluding carboxylic acids is 2. The first-order valence-corrected chi connectivity index (χ1v) is 13.9. The highest BCUT2D eigenvalue weighted by Gasteiger charge is 2.35. The summed E-state index contributed by atoms with van der Waals surface area (Å²) >= 11 is 11.6. The summed E-state index contributed by atoms with van der Waals surface area (Å²) in [6.07, 6.45) is -2.51. The summed E-state index contributed by atoms with van der Waals surface area (Å²) in [4.78, 5) is 27.4. The third kappa shape index (κ3) is 8.79. The lowest BCUT2D eigenvalue weighted by Gasteiger charge is -2.31. The Morgan fingerprint density at radius 3 is 2.24 bits per heavy atom. The zero-order valence-electron chi connectivity index (χ0n) is 20.5. The van der Waals surface area contributed by atoms with E-state index < -0.39 is 51.2 Å². The predicted octanol–water partition coefficient (Wildman–Crippen LogP) is 5.11. The van der Waals surface area contributed by atoms with Crippen molar-refractivity contribution in [3.8, 4) is 0 Å². The second kappa shape index (κ2) is 12.8. The average molecular weight is 582 g/mol. The van der Waals surface area contributed by atoms with Crippen LogP contribution in [0.1, 0.15) is 37.8 Å². The number of sulfonamides is 1. The minimum Gasteiger partial charge on any atom is -0.354 e. The first kappa shape index (κ1) is 30.7. The summed E-state index contributed by atoms with van der Waals surface area (Å²) in [7, 11) is -4.21. The highest BCUT2D eigenvalue weighted by Crippen LogP contribution is 2.37. The Labute approximate surface area is 224 Å². The molecule has 7 nitrogen and oxygen atoms in total. The molecule has 0 aliphatic heterocycles. The molecule has 0 saturated heterocycles. The average Bonchev–Trinajstić information content (AvgIpc) is 2.80. The summed E-state index contributed by atoms with van der Waals surface area (Å²) in [6, 6.07) is 8.05. The zero-order valence-corrected chi connectivity index (χ0v) is 22.8. The molecule has 0 fully saturated rings. The van der Waals surface area contributed by atoms with Crippen molar-refractivity contribution in [3.05, 3.63) is 63.6 Å². The molecule has 13 heteroatoms. The lowest BCUT2D eigenvalue weighted by Crippen LogP contribution is -2.51. The van der Waals surface area contributed by atoms with E-state index in [1.807, 2.05) is 6.92 Å². The molecule has 0 bridgehead atoms. The molecule has 0 heterocycles. The van der Waals surface area contributed by atoms with Crippen LogP contribution in [0, 0.1) is 0 Å². The SMILES string of the molecule is CCCCNC(=O)[C@@H](C)N(Cc1ccc(Cl)cc1)C(=O)CN(c1ccc(Cl)c(C(F)(F)F)c1)S(C)(=O)=O. The van der Waals surface area contributed by atoms with E-state index in [-0.39, 0.29) is 12.2 Å². The molecule has 0 spiro atoms. The Morgan fingerprint density at radius 2 is 1.70 bits per heavy atom. The van der Waals surface area contributed by atoms with Crippen LogP contribution in [0.2, 0.25) is 10.0 Å². The molecule has 0 aliphatic rings. The minimum absolute atomic E-state index is 0.0651. The maximum atomic E-state index is 13.4. The third-order valence-corrected chi connectivity index (χ3v) is 7.21. The number of unbranched alkanes of at least 4 members (excludes halogenated alkanes) is 1. The van der Waals surface area contributed by atoms with Crippen LogP contribution in [0.15, 0.2) is 42.5 Å². The molecule has 1 N–H and O–H groups in total. The van der Waals surface area contributed by atoms with E-state index >= 15 is 0 Å². The second-order valence-electron chi connectivity index (χ2n) is 8.40. The second-order valence-corrected chi connectivity index (χ2v) is 11.2. The van der Waals surface area contributed by atoms with E-state index in [0.29, 0.717) is 27.5 Å². The van der Waals surface area contributed by atoms with Gasteiger partial charge in [0.25, 0.3) is 0 Å². The molecule has 204 valence electrons. The fourth-order valence-electron chi connectivity index (χ4n) is 3.40. The Morgan fingerprint density at radius 1 is 1.08 bits per heavy atom. The lowest BCUT2D eigenvalue weighted by molar-refractivity contribution is -0.139. The zero-order chi connectivity index (χ0) is 28.0. The molecule has 0 aromatic heterocycles. The van der Waals surface area contributed by atoms with E-state index in [1.54, 1.807) is 24.3 Å². The lowest BCUT2D eigenvalue weighted by atomic mass is 10.1. The maximum absolute atomic E-state index is 13.4. The maximum Gasteiger partial charge on any atom is 0.417 e. The number of halogens is 5. The predicted molar refractivity (Wildman–Crippen MR) is 138 cm³/mol. The summed E-state index contributed by atoms with van der Waals surface area (Å²) in [5.74, 6) is -1.24. The van der Waals surface area contributed by atoms with Crippen LogP contribution in [0.4, 0.5) is 18.9 Å². The van der Waals surface area contributed by atoms with Crippen LogP contribution in [0.5, 0.6) is 0 Å². The monoisotopic (exact) mass is 581 g/mol. The molecule has 37 heavy (non-hydrogen) atoms. The summed E-state index contributed by atoms with van der Waals surface area (Å²) in [5, 5.41) is 2.58. The van der Waals surface area contributed by atoms with Crippen molar-refractivity contribution in [1.82, 2.24) is 10.2 Å². The molecule has 2 amide bonds. The van der Waals surface area contributed by atoms with E-state index in [9.17, 15) is 31.2 Å². The van der Waals surface area contributed by atoms with Crippen LogP contribution >= 0.6 is 23.2 Å². The van der Waals surface area contributed by atoms with Gasteiger partial charge in [0.05, 0.1) is 22.5 Å². The van der Waals surface area contributed by atoms with Gasteiger partial charge in [0, 0.05) is 18.1 Å². The van der Waals surface area contributed by atoms with Crippen molar-refractivity contribution >= 4 is 50.7 Å². The summed E-state index contributed by atoms with van der Waals surface area (Å²) in [5.41, 5.74) is -1.02. The Balaban J connectivity index is 2.43. The molecule has 0 radical (unpaired) electrons. The normalized spacial score (nSPS) is 12.6. The number of amides is 2. The number of benzene rings is 2. The standard InChI is InChI=1S/C24H28Cl2F3N3O4S/c1-4-5-12-30-23(34)16(2)31(14-17-6-8-18(25)9-7-17)22(33)15-32(37(3,35)36)19-10-11-21(26)20(13-19)24(27,28)29/h6-11,13,16H,4-5,12,14-15H2,1-3H3,(H,30,34)/t16-/m1/s1. The molecule has 2 aromatic rings. The van der Waals surface area contributed by atoms with E-state index in [0.717, 1.165) is 31.2 Å². The van der Waals surface area contributed by atoms with Gasteiger partial charge >= 0.3 is 6.18 Å². The van der Waals surface area contributed by atoms with Crippen molar-refractivity contribution < 1.29 is 31.2 Å². The largest absolute Gasteiger partial charge is 0.417 e. The fraction of sp³-hybridized carbons (Fsp3) is 0.417. The molecule has 0 unspecified atom stereocenters. The van der Waals surface area contributed by atoms with Crippen LogP contribution in [-0.4, -0.2) is 50.5 Å². The molecule has 0 saturated carbocycles. The Bertz CT molecular complexity index is 1210. The van der Waals surface area contributed by atoms with E-state index in [1.165, 1.54) is 11.8 Å². The highest BCUT2D eigenvalue weighted by atomic mass is 35.5. The van der Waals surface area contributed by atoms with Crippen molar-refractivity contribution in [2.75, 3.05) is 23.7 Å². The van der Waals surface area contributed by atoms with Gasteiger partial charge in [-0.25, -0.2) is 8.42 Å². The van der Waals surface area contributed by atoms with Gasteiger partial charge in [-0.2, -0.15) is 13.2 Å². The van der Waals surface area contributed by atoms with Gasteiger partial charge in [-0.1, -0.05) is 48.7 Å². The summed E-state index contributed by atoms with van der Waals surface area (Å²) < 4.78 is 65.8. The quantitative estimate of drug-likeness (QED) is 0.373. The molecule has 1 atom stereocenters. The van der Waals surface area contributed by atoms with Crippen molar-refractivity contribution in [2.45, 2.75) is 45.5 Å². The fourth-order valence-corrected chi connectivity index (χ4v) is 4.60. The van der Waals surface area contributed by atoms with Crippen LogP contribution in [0.3, 0.4) is 0 Å². The topological polar surface area (TPSA) is 86.8 Å². The van der Waals surface area contributed by atoms with Gasteiger partial charge in [0.1, 0.15) is 12.6 Å². The number of carbonyl (C=O) groups is 2. The smallest absolute Gasteiger partial charge is 0.354 e. The molecule has 2 rings (SSSR count).